The molecule has 0 spiro atoms. The van der Waals surface area contributed by atoms with Crippen LogP contribution in [0.5, 0.6) is 0 Å². The normalized spacial score (nSPS) is 12.0. The fraction of sp³-hybridized carbons (Fsp3) is 0.176. The summed E-state index contributed by atoms with van der Waals surface area (Å²) in [5.41, 5.74) is 0. The third kappa shape index (κ3) is 15.2. The molecule has 0 aliphatic heterocycles. The first-order valence-corrected chi connectivity index (χ1v) is 24.4. The van der Waals surface area contributed by atoms with Gasteiger partial charge in [-0.3, -0.25) is 0 Å². The molecular weight excluding hydrogens is 1050 g/mol. The Morgan fingerprint density at radius 2 is 0.604 bits per heavy atom. The van der Waals surface area contributed by atoms with Crippen molar-refractivity contribution in [3.63, 3.8) is 0 Å². The zero-order valence-corrected chi connectivity index (χ0v) is 36.0. The van der Waals surface area contributed by atoms with Crippen molar-refractivity contribution >= 4 is 50.7 Å². The van der Waals surface area contributed by atoms with E-state index in [0.717, 1.165) is 0 Å². The van der Waals surface area contributed by atoms with Gasteiger partial charge in [-0.25, -0.2) is 0 Å². The minimum atomic E-state index is -3.75. The monoisotopic (exact) mass is 1100 g/mol. The zero-order chi connectivity index (χ0) is 35.1. The SMILES string of the molecule is CP(C)C.CP(C)C.[Au].[Au].[CH2-]P([CH2-])(O[N+](=O)[O-])(c1ccccc1)c1ccccc1.[CH2-]P([CH2-])(O[N+](=O)[O-])(c1ccccc1)c1ccccc1. The first-order chi connectivity index (χ1) is 21.3. The van der Waals surface area contributed by atoms with Crippen LogP contribution in [0, 0.1) is 46.9 Å². The summed E-state index contributed by atoms with van der Waals surface area (Å²) in [5.74, 6) is 0. The topological polar surface area (TPSA) is 105 Å². The Kier molecular flexibility index (Phi) is 21.9. The van der Waals surface area contributed by atoms with Crippen molar-refractivity contribution in [3.8, 4) is 0 Å². The Morgan fingerprint density at radius 1 is 0.458 bits per heavy atom. The maximum absolute atomic E-state index is 10.9. The molecule has 8 nitrogen and oxygen atoms in total. The molecule has 2 radical (unpaired) electrons. The quantitative estimate of drug-likeness (QED) is 0.0577. The summed E-state index contributed by atoms with van der Waals surface area (Å²) in [7, 11) is 0.759. The summed E-state index contributed by atoms with van der Waals surface area (Å²) >= 11 is 0. The van der Waals surface area contributed by atoms with Crippen LogP contribution >= 0.6 is 29.5 Å². The maximum atomic E-state index is 10.9. The molecule has 4 aromatic rings. The van der Waals surface area contributed by atoms with Gasteiger partial charge >= 0.3 is 223 Å². The summed E-state index contributed by atoms with van der Waals surface area (Å²) < 4.78 is 10.1. The number of rotatable bonds is 8. The van der Waals surface area contributed by atoms with Gasteiger partial charge in [-0.15, -0.1) is 15.8 Å². The van der Waals surface area contributed by atoms with E-state index in [-0.39, 0.29) is 44.8 Å². The van der Waals surface area contributed by atoms with Crippen molar-refractivity contribution in [2.75, 3.05) is 40.0 Å². The molecule has 274 valence electrons. The molecule has 4 rings (SSSR count). The van der Waals surface area contributed by atoms with Gasteiger partial charge in [0.25, 0.3) is 0 Å². The van der Waals surface area contributed by atoms with Crippen LogP contribution in [0.3, 0.4) is 0 Å². The molecule has 0 atom stereocenters. The van der Waals surface area contributed by atoms with E-state index in [2.05, 4.69) is 66.6 Å². The summed E-state index contributed by atoms with van der Waals surface area (Å²) in [5, 5.41) is 22.7. The van der Waals surface area contributed by atoms with Gasteiger partial charge in [-0.05, 0) is 40.0 Å². The van der Waals surface area contributed by atoms with Gasteiger partial charge in [0.05, 0.1) is 0 Å². The molecule has 4 aromatic carbocycles. The Hall–Kier alpha value is -1.52. The second-order valence-corrected chi connectivity index (χ2v) is 24.8. The van der Waals surface area contributed by atoms with E-state index < -0.39 is 23.8 Å². The number of nitrogens with zero attached hydrogens (tertiary/aromatic N) is 2. The van der Waals surface area contributed by atoms with Crippen LogP contribution in [0.2, 0.25) is 0 Å². The fourth-order valence-corrected chi connectivity index (χ4v) is 8.98. The van der Waals surface area contributed by atoms with E-state index >= 15 is 0 Å². The number of benzene rings is 4. The molecular formula is C34H46Au2N2O6P4-4. The van der Waals surface area contributed by atoms with Gasteiger partial charge < -0.3 is 0 Å². The minimum absolute atomic E-state index is 0. The van der Waals surface area contributed by atoms with Crippen molar-refractivity contribution in [3.05, 3.63) is 168 Å². The van der Waals surface area contributed by atoms with Gasteiger partial charge in [0, 0.05) is 44.8 Å². The van der Waals surface area contributed by atoms with Gasteiger partial charge in [0.15, 0.2) is 0 Å². The van der Waals surface area contributed by atoms with E-state index in [9.17, 15) is 20.2 Å². The Morgan fingerprint density at radius 3 is 0.729 bits per heavy atom. The van der Waals surface area contributed by atoms with Crippen LogP contribution in [0.15, 0.2) is 121 Å². The molecule has 14 heteroatoms. The standard InChI is InChI=1S/2C14H14NO3P.2C3H9P.2Au/c2*1-19(2,18-15(16)17,13-9-5-3-6-10-13)14-11-7-4-8-12-14;2*1-4(2)3;;/h2*3-12H,1-2H2;2*1-3H3;;/q2*-2;;;;. The fourth-order valence-electron chi connectivity index (χ4n) is 3.91. The van der Waals surface area contributed by atoms with E-state index in [1.165, 1.54) is 0 Å². The molecule has 48 heavy (non-hydrogen) atoms. The molecule has 0 saturated carbocycles. The average Bonchev–Trinajstić information content (AvgIpc) is 2.98. The van der Waals surface area contributed by atoms with Gasteiger partial charge in [0.1, 0.15) is 0 Å². The molecule has 0 aromatic heterocycles. The van der Waals surface area contributed by atoms with Crippen LogP contribution in [0.1, 0.15) is 0 Å². The van der Waals surface area contributed by atoms with Crippen LogP contribution in [0.25, 0.3) is 0 Å². The van der Waals surface area contributed by atoms with Crippen LogP contribution < -0.4 is 21.2 Å². The van der Waals surface area contributed by atoms with E-state index in [1.807, 2.05) is 24.3 Å². The molecule has 0 N–H and O–H groups in total. The molecule has 0 bridgehead atoms. The Labute approximate surface area is 320 Å². The van der Waals surface area contributed by atoms with Crippen molar-refractivity contribution in [2.45, 2.75) is 0 Å². The third-order valence-electron chi connectivity index (χ3n) is 5.95. The molecule has 0 saturated heterocycles. The average molecular weight is 1100 g/mol. The van der Waals surface area contributed by atoms with E-state index in [4.69, 9.17) is 9.25 Å². The van der Waals surface area contributed by atoms with Gasteiger partial charge in [-0.2, -0.15) is 0 Å². The van der Waals surface area contributed by atoms with Gasteiger partial charge in [-0.1, -0.05) is 0 Å². The van der Waals surface area contributed by atoms with Crippen LogP contribution in [-0.2, 0) is 54.0 Å². The number of hydrogen-bond donors (Lipinski definition) is 0. The van der Waals surface area contributed by atoms with Crippen molar-refractivity contribution in [1.82, 2.24) is 0 Å². The predicted molar refractivity (Wildman–Crippen MR) is 205 cm³/mol. The van der Waals surface area contributed by atoms with Crippen molar-refractivity contribution < 1.29 is 64.2 Å². The van der Waals surface area contributed by atoms with E-state index in [1.54, 1.807) is 97.1 Å². The summed E-state index contributed by atoms with van der Waals surface area (Å²) in [6.45, 7) is 22.0. The zero-order valence-electron chi connectivity index (χ0n) is 28.1. The molecule has 0 unspecified atom stereocenters. The summed E-state index contributed by atoms with van der Waals surface area (Å²) in [6, 6.07) is 35.7. The second-order valence-electron chi connectivity index (χ2n) is 11.5. The first kappa shape index (κ1) is 48.6. The van der Waals surface area contributed by atoms with E-state index in [0.29, 0.717) is 37.1 Å². The molecule has 0 heterocycles. The predicted octanol–water partition coefficient (Wildman–Crippen LogP) is 8.50. The molecule has 0 aliphatic carbocycles. The number of hydrogen-bond acceptors (Lipinski definition) is 6. The third-order valence-corrected chi connectivity index (χ3v) is 13.0. The van der Waals surface area contributed by atoms with Crippen molar-refractivity contribution in [2.24, 2.45) is 0 Å². The first-order valence-electron chi connectivity index (χ1n) is 13.9. The van der Waals surface area contributed by atoms with Gasteiger partial charge in [0.2, 0.25) is 0 Å². The molecule has 0 fully saturated rings. The summed E-state index contributed by atoms with van der Waals surface area (Å²) in [6.07, 6.45) is 0. The Bertz CT molecular complexity index is 1300. The van der Waals surface area contributed by atoms with Crippen LogP contribution in [-0.4, -0.2) is 50.2 Å². The second kappa shape index (κ2) is 21.6. The summed E-state index contributed by atoms with van der Waals surface area (Å²) in [4.78, 5) is 21.8. The van der Waals surface area contributed by atoms with Crippen molar-refractivity contribution in [1.29, 1.82) is 0 Å². The Balaban J connectivity index is 0. The van der Waals surface area contributed by atoms with Crippen LogP contribution in [0.4, 0.5) is 0 Å². The molecule has 0 amide bonds. The molecule has 0 aliphatic rings.